The van der Waals surface area contributed by atoms with Gasteiger partial charge in [0.1, 0.15) is 28.2 Å². The lowest BCUT2D eigenvalue weighted by atomic mass is 9.94. The predicted octanol–water partition coefficient (Wildman–Crippen LogP) is 7.25. The first-order valence-corrected chi connectivity index (χ1v) is 14.7. The molecule has 6 nitrogen and oxygen atoms in total. The summed E-state index contributed by atoms with van der Waals surface area (Å²) in [5, 5.41) is 13.7. The number of pyridine rings is 1. The standard InChI is InChI=1S/C31H28F2N4O2S2/c1-39-27-13-12-19(15-26-30(38)37(31(40)36-26)22-10-6-3-7-11-22)14-21(27)18-41-29-24(17-34)23(16-25(35-29)28(32)33)20-8-4-2-5-9-20/h2,4-5,8-9,12-16,22,28H,3,6-7,10-11,18H2,1H3,(H,36,40)/b26-15+. The van der Waals surface area contributed by atoms with Gasteiger partial charge in [0.15, 0.2) is 5.11 Å². The molecule has 5 rings (SSSR count). The van der Waals surface area contributed by atoms with Crippen LogP contribution in [0.2, 0.25) is 0 Å². The van der Waals surface area contributed by atoms with Crippen molar-refractivity contribution in [1.29, 1.82) is 5.26 Å². The summed E-state index contributed by atoms with van der Waals surface area (Å²) in [7, 11) is 1.55. The highest BCUT2D eigenvalue weighted by molar-refractivity contribution is 7.98. The Morgan fingerprint density at radius 3 is 2.63 bits per heavy atom. The van der Waals surface area contributed by atoms with Gasteiger partial charge in [-0.3, -0.25) is 9.69 Å². The molecule has 3 aromatic rings. The fraction of sp³-hybridized carbons (Fsp3) is 0.290. The van der Waals surface area contributed by atoms with Gasteiger partial charge >= 0.3 is 0 Å². The van der Waals surface area contributed by atoms with E-state index in [0.717, 1.165) is 36.8 Å². The normalized spacial score (nSPS) is 16.8. The molecule has 2 aliphatic rings. The summed E-state index contributed by atoms with van der Waals surface area (Å²) in [5.74, 6) is 0.766. The molecule has 1 aliphatic carbocycles. The summed E-state index contributed by atoms with van der Waals surface area (Å²) < 4.78 is 33.1. The molecule has 1 saturated carbocycles. The molecular formula is C31H28F2N4O2S2. The SMILES string of the molecule is COc1ccc(/C=C2/NC(=S)N(C3CCCCC3)C2=O)cc1CSc1nc(C(F)F)cc(-c2ccccc2)c1C#N. The van der Waals surface area contributed by atoms with E-state index in [1.54, 1.807) is 48.4 Å². The van der Waals surface area contributed by atoms with E-state index in [0.29, 0.717) is 33.4 Å². The van der Waals surface area contributed by atoms with Gasteiger partial charge in [0.25, 0.3) is 12.3 Å². The van der Waals surface area contributed by atoms with Crippen molar-refractivity contribution in [3.8, 4) is 22.9 Å². The Morgan fingerprint density at radius 2 is 1.95 bits per heavy atom. The number of halogens is 2. The lowest BCUT2D eigenvalue weighted by Crippen LogP contribution is -2.41. The predicted molar refractivity (Wildman–Crippen MR) is 159 cm³/mol. The first-order valence-electron chi connectivity index (χ1n) is 13.3. The minimum atomic E-state index is -2.79. The molecule has 1 amide bonds. The van der Waals surface area contributed by atoms with Crippen LogP contribution >= 0.6 is 24.0 Å². The Kier molecular flexibility index (Phi) is 8.96. The number of carbonyl (C=O) groups excluding carboxylic acids is 1. The van der Waals surface area contributed by atoms with Gasteiger partial charge in [-0.1, -0.05) is 55.7 Å². The highest BCUT2D eigenvalue weighted by atomic mass is 32.2. The van der Waals surface area contributed by atoms with Crippen molar-refractivity contribution >= 4 is 41.1 Å². The minimum Gasteiger partial charge on any atom is -0.496 e. The molecule has 2 aromatic carbocycles. The van der Waals surface area contributed by atoms with Crippen LogP contribution in [0, 0.1) is 11.3 Å². The third kappa shape index (κ3) is 6.26. The van der Waals surface area contributed by atoms with E-state index < -0.39 is 6.43 Å². The van der Waals surface area contributed by atoms with E-state index in [1.807, 2.05) is 18.2 Å². The van der Waals surface area contributed by atoms with Gasteiger partial charge in [-0.15, -0.1) is 11.8 Å². The van der Waals surface area contributed by atoms with Crippen LogP contribution in [0.1, 0.15) is 60.9 Å². The topological polar surface area (TPSA) is 78.2 Å². The molecule has 0 atom stereocenters. The highest BCUT2D eigenvalue weighted by Gasteiger charge is 2.36. The Hall–Kier alpha value is -3.81. The number of methoxy groups -OCH3 is 1. The molecule has 2 fully saturated rings. The molecule has 0 radical (unpaired) electrons. The van der Waals surface area contributed by atoms with Crippen LogP contribution in [-0.2, 0) is 10.5 Å². The number of thioether (sulfide) groups is 1. The van der Waals surface area contributed by atoms with Gasteiger partial charge < -0.3 is 10.1 Å². The van der Waals surface area contributed by atoms with E-state index in [-0.39, 0.29) is 28.2 Å². The zero-order chi connectivity index (χ0) is 28.9. The van der Waals surface area contributed by atoms with Crippen molar-refractivity contribution < 1.29 is 18.3 Å². The largest absolute Gasteiger partial charge is 0.496 e. The number of alkyl halides is 2. The van der Waals surface area contributed by atoms with E-state index in [4.69, 9.17) is 17.0 Å². The number of nitrogens with zero attached hydrogens (tertiary/aromatic N) is 3. The van der Waals surface area contributed by atoms with E-state index in [2.05, 4.69) is 16.4 Å². The van der Waals surface area contributed by atoms with Crippen LogP contribution in [0.3, 0.4) is 0 Å². The second kappa shape index (κ2) is 12.8. The molecular weight excluding hydrogens is 562 g/mol. The number of thiocarbonyl (C=S) groups is 1. The third-order valence-corrected chi connectivity index (χ3v) is 8.58. The summed E-state index contributed by atoms with van der Waals surface area (Å²) in [6.45, 7) is 0. The van der Waals surface area contributed by atoms with Gasteiger partial charge in [0, 0.05) is 22.9 Å². The fourth-order valence-corrected chi connectivity index (χ4v) is 6.57. The number of aromatic nitrogens is 1. The van der Waals surface area contributed by atoms with E-state index >= 15 is 0 Å². The number of hydrogen-bond donors (Lipinski definition) is 1. The average molecular weight is 591 g/mol. The van der Waals surface area contributed by atoms with Gasteiger partial charge in [0.05, 0.1) is 12.7 Å². The highest BCUT2D eigenvalue weighted by Crippen LogP contribution is 2.36. The average Bonchev–Trinajstić information content (AvgIpc) is 3.28. The molecule has 10 heteroatoms. The van der Waals surface area contributed by atoms with Crippen LogP contribution in [0.5, 0.6) is 5.75 Å². The van der Waals surface area contributed by atoms with Crippen molar-refractivity contribution in [3.05, 3.63) is 82.7 Å². The maximum Gasteiger partial charge on any atom is 0.280 e. The lowest BCUT2D eigenvalue weighted by Gasteiger charge is -2.29. The Morgan fingerprint density at radius 1 is 1.20 bits per heavy atom. The Bertz CT molecular complexity index is 1530. The number of amides is 1. The maximum atomic E-state index is 13.8. The third-order valence-electron chi connectivity index (χ3n) is 7.26. The molecule has 1 aromatic heterocycles. The summed E-state index contributed by atoms with van der Waals surface area (Å²) in [6, 6.07) is 18.0. The number of hydrogen-bond acceptors (Lipinski definition) is 6. The zero-order valence-corrected chi connectivity index (χ0v) is 24.0. The first-order chi connectivity index (χ1) is 19.9. The van der Waals surface area contributed by atoms with Crippen molar-refractivity contribution in [1.82, 2.24) is 15.2 Å². The summed E-state index contributed by atoms with van der Waals surface area (Å²) in [4.78, 5) is 19.1. The number of ether oxygens (including phenoxy) is 1. The van der Waals surface area contributed by atoms with Gasteiger partial charge in [-0.2, -0.15) is 5.26 Å². The molecule has 0 bridgehead atoms. The van der Waals surface area contributed by atoms with Crippen LogP contribution in [0.15, 0.2) is 65.3 Å². The Labute approximate surface area is 247 Å². The number of nitrogens with one attached hydrogen (secondary N) is 1. The quantitative estimate of drug-likeness (QED) is 0.168. The van der Waals surface area contributed by atoms with Crippen LogP contribution in [0.25, 0.3) is 17.2 Å². The molecule has 1 N–H and O–H groups in total. The van der Waals surface area contributed by atoms with Crippen molar-refractivity contribution in [3.63, 3.8) is 0 Å². The number of carbonyl (C=O) groups is 1. The second-order valence-electron chi connectivity index (χ2n) is 9.87. The summed E-state index contributed by atoms with van der Waals surface area (Å²) in [6.07, 6.45) is 4.22. The van der Waals surface area contributed by atoms with Crippen LogP contribution < -0.4 is 10.1 Å². The van der Waals surface area contributed by atoms with Crippen molar-refractivity contribution in [2.75, 3.05) is 7.11 Å². The molecule has 1 saturated heterocycles. The van der Waals surface area contributed by atoms with Gasteiger partial charge in [0.2, 0.25) is 0 Å². The van der Waals surface area contributed by atoms with Crippen LogP contribution in [-0.4, -0.2) is 34.1 Å². The van der Waals surface area contributed by atoms with Crippen molar-refractivity contribution in [2.24, 2.45) is 0 Å². The van der Waals surface area contributed by atoms with Crippen molar-refractivity contribution in [2.45, 2.75) is 55.4 Å². The number of rotatable bonds is 8. The Balaban J connectivity index is 1.43. The molecule has 2 heterocycles. The first kappa shape index (κ1) is 28.7. The smallest absolute Gasteiger partial charge is 0.280 e. The number of nitriles is 1. The van der Waals surface area contributed by atoms with E-state index in [1.165, 1.54) is 24.2 Å². The molecule has 41 heavy (non-hydrogen) atoms. The minimum absolute atomic E-state index is 0.122. The molecule has 210 valence electrons. The second-order valence-corrected chi connectivity index (χ2v) is 11.2. The van der Waals surface area contributed by atoms with Gasteiger partial charge in [-0.05, 0) is 60.5 Å². The maximum absolute atomic E-state index is 13.8. The van der Waals surface area contributed by atoms with Crippen LogP contribution in [0.4, 0.5) is 8.78 Å². The van der Waals surface area contributed by atoms with Gasteiger partial charge in [-0.25, -0.2) is 13.8 Å². The monoisotopic (exact) mass is 590 g/mol. The fourth-order valence-electron chi connectivity index (χ4n) is 5.24. The zero-order valence-electron chi connectivity index (χ0n) is 22.4. The van der Waals surface area contributed by atoms with E-state index in [9.17, 15) is 18.8 Å². The molecule has 1 aliphatic heterocycles. The summed E-state index contributed by atoms with van der Waals surface area (Å²) >= 11 is 6.68. The number of benzene rings is 2. The molecule has 0 unspecified atom stereocenters. The lowest BCUT2D eigenvalue weighted by molar-refractivity contribution is -0.124. The summed E-state index contributed by atoms with van der Waals surface area (Å²) in [5.41, 5.74) is 2.85. The molecule has 0 spiro atoms.